The van der Waals surface area contributed by atoms with Crippen LogP contribution in [0.5, 0.6) is 0 Å². The Labute approximate surface area is 542 Å². The Morgan fingerprint density at radius 1 is 0.711 bits per heavy atom. The summed E-state index contributed by atoms with van der Waals surface area (Å²) < 4.78 is 124. The number of carbonyl (C=O) groups excluding carboxylic acids is 1. The molecular weight excluding hydrogens is 1260 g/mol. The van der Waals surface area contributed by atoms with Crippen molar-refractivity contribution in [3.05, 3.63) is 198 Å². The van der Waals surface area contributed by atoms with Gasteiger partial charge in [0.05, 0.1) is 16.6 Å². The van der Waals surface area contributed by atoms with Crippen LogP contribution in [0.3, 0.4) is 0 Å². The first-order valence-electron chi connectivity index (χ1n) is 30.3. The number of rotatable bonds is 24. The van der Waals surface area contributed by atoms with Crippen molar-refractivity contribution in [3.8, 4) is 11.1 Å². The van der Waals surface area contributed by atoms with E-state index in [1.807, 2.05) is 104 Å². The number of carbonyl (C=O) groups is 1. The molecule has 0 radical (unpaired) electrons. The van der Waals surface area contributed by atoms with Crippen LogP contribution >= 0.6 is 23.4 Å². The number of hydrogen-bond donors (Lipinski definition) is 3. The van der Waals surface area contributed by atoms with Gasteiger partial charge in [-0.25, -0.2) is 21.6 Å². The Hall–Kier alpha value is -5.69. The monoisotopic (exact) mass is 1340 g/mol. The van der Waals surface area contributed by atoms with Crippen LogP contribution in [0.15, 0.2) is 197 Å². The van der Waals surface area contributed by atoms with Crippen molar-refractivity contribution in [2.75, 3.05) is 74.9 Å². The summed E-state index contributed by atoms with van der Waals surface area (Å²) in [5.74, 6) is -0.640. The van der Waals surface area contributed by atoms with Gasteiger partial charge < -0.3 is 24.1 Å². The lowest BCUT2D eigenvalue weighted by atomic mass is 9.83. The van der Waals surface area contributed by atoms with Crippen molar-refractivity contribution < 1.29 is 43.8 Å². The van der Waals surface area contributed by atoms with Gasteiger partial charge in [-0.05, 0) is 145 Å². The number of nitrogens with one attached hydrogen (secondary N) is 3. The molecule has 1 unspecified atom stereocenters. The maximum atomic E-state index is 14.6. The van der Waals surface area contributed by atoms with Crippen LogP contribution in [-0.2, 0) is 35.6 Å². The molecular formula is C68H80ClF3N6O7S4Si. The standard InChI is InChI=1S/C68H80ClF3N6O7S4Si/c1-66(2,3)87(80)74-64(61-25-17-16-24-60(61)50-26-30-53(69)31-27-50)51-36-40-78(41-37-51)55-32-28-52(29-33-55)65(79)75-89(83,84)57-34-35-62(63(48-57)88(81,82)68(70,71)72)73-54(49-86-56-18-10-7-11-19-56)38-39-76-42-44-77(45-43-76)46-47-85-90(67(4,5)6,58-20-12-8-13-21-58)59-22-14-9-15-23-59/h7-35,48,51,54,64,73-74H,36-47,49H2,1-6H3,(H,75,79)/t54-,64-,87?/m1/s1. The third kappa shape index (κ3) is 16.7. The van der Waals surface area contributed by atoms with E-state index in [1.165, 1.54) is 34.3 Å². The zero-order chi connectivity index (χ0) is 64.5. The van der Waals surface area contributed by atoms with E-state index in [0.29, 0.717) is 49.5 Å². The summed E-state index contributed by atoms with van der Waals surface area (Å²) in [6.07, 6.45) is 1.86. The van der Waals surface area contributed by atoms with Gasteiger partial charge in [-0.1, -0.05) is 148 Å². The number of sulfone groups is 1. The van der Waals surface area contributed by atoms with Gasteiger partial charge in [-0.15, -0.1) is 16.5 Å². The third-order valence-electron chi connectivity index (χ3n) is 16.8. The minimum atomic E-state index is -6.14. The third-order valence-corrected chi connectivity index (χ3v) is 27.7. The van der Waals surface area contributed by atoms with Gasteiger partial charge in [-0.3, -0.25) is 9.69 Å². The zero-order valence-corrected chi connectivity index (χ0v) is 56.6. The number of amides is 1. The van der Waals surface area contributed by atoms with Gasteiger partial charge in [0.15, 0.2) is 0 Å². The number of benzene rings is 7. The molecule has 0 bridgehead atoms. The second kappa shape index (κ2) is 29.5. The van der Waals surface area contributed by atoms with E-state index in [4.69, 9.17) is 16.0 Å². The number of piperidine rings is 1. The molecule has 2 aliphatic heterocycles. The SMILES string of the molecule is CC(C)(C)[S+]([O-])N[C@@H](c1ccccc1-c1ccc(Cl)cc1)C1CCN(c2ccc(C(=O)NS(=O)(=O)c3ccc(N[C@H](CCN4CCN(CCO[Si](c5ccccc5)(c5ccccc5)C(C)(C)C)CC4)CSc4ccccc4)c(S(=O)(=O)C(F)(F)F)c3)cc2)CC1. The zero-order valence-electron chi connectivity index (χ0n) is 51.6. The van der Waals surface area contributed by atoms with Crippen molar-refractivity contribution in [2.45, 2.75) is 103 Å². The molecule has 3 N–H and O–H groups in total. The first-order valence-corrected chi connectivity index (χ1v) is 37.7. The molecule has 2 heterocycles. The van der Waals surface area contributed by atoms with Gasteiger partial charge in [0.1, 0.15) is 9.64 Å². The Bertz CT molecular complexity index is 3690. The molecule has 0 aromatic heterocycles. The number of anilines is 2. The van der Waals surface area contributed by atoms with Gasteiger partial charge in [-0.2, -0.15) is 13.2 Å². The molecule has 480 valence electrons. The van der Waals surface area contributed by atoms with Gasteiger partial charge in [0.2, 0.25) is 0 Å². The molecule has 7 aromatic rings. The lowest BCUT2D eigenvalue weighted by Gasteiger charge is -2.43. The number of thioether (sulfide) groups is 1. The molecule has 1 amide bonds. The Balaban J connectivity index is 0.850. The first kappa shape index (κ1) is 68.7. The van der Waals surface area contributed by atoms with Crippen LogP contribution in [0, 0.1) is 5.92 Å². The van der Waals surface area contributed by atoms with E-state index in [0.717, 1.165) is 85.0 Å². The van der Waals surface area contributed by atoms with E-state index in [2.05, 4.69) is 106 Å². The highest BCUT2D eigenvalue weighted by atomic mass is 35.5. The van der Waals surface area contributed by atoms with Gasteiger partial charge >= 0.3 is 5.51 Å². The summed E-state index contributed by atoms with van der Waals surface area (Å²) in [5, 5.41) is 5.97. The minimum Gasteiger partial charge on any atom is -0.598 e. The normalized spacial score (nSPS) is 16.3. The number of hydrogen-bond acceptors (Lipinski definition) is 13. The first-order chi connectivity index (χ1) is 42.7. The number of alkyl halides is 3. The fraction of sp³-hybridized carbons (Fsp3) is 0.368. The molecule has 2 aliphatic rings. The molecule has 7 aromatic carbocycles. The van der Waals surface area contributed by atoms with E-state index >= 15 is 0 Å². The fourth-order valence-electron chi connectivity index (χ4n) is 11.9. The highest BCUT2D eigenvalue weighted by Crippen LogP contribution is 2.41. The summed E-state index contributed by atoms with van der Waals surface area (Å²) in [7, 11) is -13.8. The summed E-state index contributed by atoms with van der Waals surface area (Å²) in [6.45, 7) is 18.6. The summed E-state index contributed by atoms with van der Waals surface area (Å²) >= 11 is 6.32. The number of halogens is 4. The van der Waals surface area contributed by atoms with Crippen molar-refractivity contribution in [1.82, 2.24) is 19.2 Å². The molecule has 0 saturated carbocycles. The number of piperazine rings is 1. The Morgan fingerprint density at radius 3 is 1.83 bits per heavy atom. The lowest BCUT2D eigenvalue weighted by Crippen LogP contribution is -2.67. The average molecular weight is 1340 g/mol. The smallest absolute Gasteiger partial charge is 0.501 e. The van der Waals surface area contributed by atoms with Crippen molar-refractivity contribution in [1.29, 1.82) is 0 Å². The highest BCUT2D eigenvalue weighted by molar-refractivity contribution is 7.99. The van der Waals surface area contributed by atoms with Gasteiger partial charge in [0, 0.05) is 103 Å². The Morgan fingerprint density at radius 2 is 1.27 bits per heavy atom. The Kier molecular flexibility index (Phi) is 22.5. The van der Waals surface area contributed by atoms with E-state index in [1.54, 1.807) is 12.1 Å². The summed E-state index contributed by atoms with van der Waals surface area (Å²) in [5.41, 5.74) is -2.48. The molecule has 2 fully saturated rings. The predicted molar refractivity (Wildman–Crippen MR) is 362 cm³/mol. The second-order valence-corrected chi connectivity index (χ2v) is 36.4. The molecule has 22 heteroatoms. The van der Waals surface area contributed by atoms with E-state index in [9.17, 15) is 39.4 Å². The molecule has 3 atom stereocenters. The number of nitrogens with zero attached hydrogens (tertiary/aromatic N) is 3. The minimum absolute atomic E-state index is 0.0492. The van der Waals surface area contributed by atoms with E-state index < -0.39 is 77.2 Å². The van der Waals surface area contributed by atoms with Crippen LogP contribution < -0.4 is 30.0 Å². The van der Waals surface area contributed by atoms with Crippen LogP contribution in [0.4, 0.5) is 24.5 Å². The van der Waals surface area contributed by atoms with Crippen LogP contribution in [0.25, 0.3) is 11.1 Å². The maximum Gasteiger partial charge on any atom is 0.501 e. The van der Waals surface area contributed by atoms with Crippen molar-refractivity contribution >= 4 is 90.6 Å². The van der Waals surface area contributed by atoms with Crippen LogP contribution in [0.2, 0.25) is 10.1 Å². The summed E-state index contributed by atoms with van der Waals surface area (Å²) in [4.78, 5) is 19.3. The topological polar surface area (TPSA) is 163 Å². The predicted octanol–water partition coefficient (Wildman–Crippen LogP) is 12.6. The molecule has 2 saturated heterocycles. The number of sulfonamides is 1. The average Bonchev–Trinajstić information content (AvgIpc) is 0.802. The molecule has 0 aliphatic carbocycles. The quantitative estimate of drug-likeness (QED) is 0.0298. The van der Waals surface area contributed by atoms with E-state index in [-0.39, 0.29) is 22.6 Å². The maximum absolute atomic E-state index is 14.6. The van der Waals surface area contributed by atoms with Crippen LogP contribution in [-0.4, -0.2) is 126 Å². The fourth-order valence-corrected chi connectivity index (χ4v) is 20.5. The molecule has 90 heavy (non-hydrogen) atoms. The lowest BCUT2D eigenvalue weighted by molar-refractivity contribution is -0.0436. The van der Waals surface area contributed by atoms with Crippen LogP contribution in [0.1, 0.15) is 82.8 Å². The molecule has 13 nitrogen and oxygen atoms in total. The molecule has 0 spiro atoms. The van der Waals surface area contributed by atoms with Crippen molar-refractivity contribution in [3.63, 3.8) is 0 Å². The highest BCUT2D eigenvalue weighted by Gasteiger charge is 2.51. The van der Waals surface area contributed by atoms with Gasteiger partial charge in [0.25, 0.3) is 34.1 Å². The summed E-state index contributed by atoms with van der Waals surface area (Å²) in [6, 6.07) is 54.1. The largest absolute Gasteiger partial charge is 0.598 e. The second-order valence-electron chi connectivity index (χ2n) is 24.9. The molecule has 9 rings (SSSR count). The van der Waals surface area contributed by atoms with Crippen molar-refractivity contribution in [2.24, 2.45) is 5.92 Å².